The number of hydrogen-bond donors (Lipinski definition) is 0. The van der Waals surface area contributed by atoms with E-state index in [0.29, 0.717) is 23.3 Å². The van der Waals surface area contributed by atoms with Crippen LogP contribution in [0.4, 0.5) is 0 Å². The fraction of sp³-hybridized carbons (Fsp3) is 0.200. The van der Waals surface area contributed by atoms with Gasteiger partial charge in [-0.1, -0.05) is 12.1 Å². The van der Waals surface area contributed by atoms with Crippen LogP contribution in [0.3, 0.4) is 0 Å². The maximum Gasteiger partial charge on any atom is 0.251 e. The lowest BCUT2D eigenvalue weighted by Gasteiger charge is -2.03. The highest BCUT2D eigenvalue weighted by Crippen LogP contribution is 2.30. The summed E-state index contributed by atoms with van der Waals surface area (Å²) in [6.45, 7) is 1.93. The van der Waals surface area contributed by atoms with Gasteiger partial charge in [0.05, 0.1) is 24.7 Å². The summed E-state index contributed by atoms with van der Waals surface area (Å²) in [7, 11) is 1.62. The van der Waals surface area contributed by atoms with E-state index in [1.807, 2.05) is 37.3 Å². The first kappa shape index (κ1) is 13.8. The van der Waals surface area contributed by atoms with E-state index in [9.17, 15) is 0 Å². The minimum atomic E-state index is 0.465. The summed E-state index contributed by atoms with van der Waals surface area (Å²) < 4.78 is 16.2. The van der Waals surface area contributed by atoms with Gasteiger partial charge in [-0.25, -0.2) is 0 Å². The Labute approximate surface area is 126 Å². The predicted molar refractivity (Wildman–Crippen MR) is 79.3 cm³/mol. The molecular formula is C15H14N2O3S. The van der Waals surface area contributed by atoms with Gasteiger partial charge in [0.2, 0.25) is 5.89 Å². The quantitative estimate of drug-likeness (QED) is 0.665. The van der Waals surface area contributed by atoms with Gasteiger partial charge in [0.15, 0.2) is 0 Å². The molecule has 0 unspecified atom stereocenters. The molecule has 0 amide bonds. The van der Waals surface area contributed by atoms with Gasteiger partial charge in [-0.15, -0.1) is 22.0 Å². The molecule has 1 aromatic carbocycles. The molecule has 2 heterocycles. The van der Waals surface area contributed by atoms with Crippen molar-refractivity contribution in [1.29, 1.82) is 0 Å². The first-order valence-corrected chi connectivity index (χ1v) is 7.39. The Hall–Kier alpha value is -2.21. The van der Waals surface area contributed by atoms with Crippen molar-refractivity contribution in [3.05, 3.63) is 48.2 Å². The van der Waals surface area contributed by atoms with Crippen LogP contribution in [0.5, 0.6) is 5.75 Å². The molecule has 0 aliphatic carbocycles. The van der Waals surface area contributed by atoms with Crippen LogP contribution in [0, 0.1) is 6.92 Å². The summed E-state index contributed by atoms with van der Waals surface area (Å²) in [6, 6.07) is 9.49. The van der Waals surface area contributed by atoms with Crippen molar-refractivity contribution < 1.29 is 13.6 Å². The highest BCUT2D eigenvalue weighted by Gasteiger charge is 2.13. The van der Waals surface area contributed by atoms with Crippen LogP contribution in [0.15, 0.2) is 50.3 Å². The summed E-state index contributed by atoms with van der Waals surface area (Å²) in [5.74, 6) is 3.24. The fourth-order valence-corrected chi connectivity index (χ4v) is 2.70. The number of methoxy groups -OCH3 is 1. The lowest BCUT2D eigenvalue weighted by atomic mass is 10.2. The normalized spacial score (nSPS) is 10.8. The number of nitrogens with zero attached hydrogens (tertiary/aromatic N) is 2. The maximum absolute atomic E-state index is 5.70. The topological polar surface area (TPSA) is 61.3 Å². The number of benzene rings is 1. The van der Waals surface area contributed by atoms with Crippen LogP contribution >= 0.6 is 11.8 Å². The second-order valence-corrected chi connectivity index (χ2v) is 5.35. The molecule has 108 valence electrons. The highest BCUT2D eigenvalue weighted by atomic mass is 32.2. The van der Waals surface area contributed by atoms with E-state index < -0.39 is 0 Å². The van der Waals surface area contributed by atoms with E-state index >= 15 is 0 Å². The van der Waals surface area contributed by atoms with Crippen molar-refractivity contribution in [1.82, 2.24) is 10.2 Å². The van der Waals surface area contributed by atoms with Crippen molar-refractivity contribution in [3.63, 3.8) is 0 Å². The van der Waals surface area contributed by atoms with Gasteiger partial charge in [-0.3, -0.25) is 0 Å². The third-order valence-corrected chi connectivity index (χ3v) is 4.09. The summed E-state index contributed by atoms with van der Waals surface area (Å²) in [5, 5.41) is 8.16. The second-order valence-electron chi connectivity index (χ2n) is 4.33. The minimum Gasteiger partial charge on any atom is -0.496 e. The Morgan fingerprint density at radius 1 is 1.19 bits per heavy atom. The van der Waals surface area contributed by atoms with Crippen LogP contribution in [0.1, 0.15) is 11.7 Å². The highest BCUT2D eigenvalue weighted by molar-refractivity contribution is 7.98. The number of hydrogen-bond acceptors (Lipinski definition) is 6. The molecular weight excluding hydrogens is 288 g/mol. The smallest absolute Gasteiger partial charge is 0.251 e. The molecule has 0 atom stereocenters. The average molecular weight is 302 g/mol. The third-order valence-electron chi connectivity index (χ3n) is 2.97. The van der Waals surface area contributed by atoms with Gasteiger partial charge in [-0.2, -0.15) is 0 Å². The molecule has 2 aromatic heterocycles. The number of para-hydroxylation sites is 1. The second kappa shape index (κ2) is 6.05. The molecule has 0 fully saturated rings. The van der Waals surface area contributed by atoms with Crippen molar-refractivity contribution in [3.8, 4) is 17.2 Å². The fourth-order valence-electron chi connectivity index (χ4n) is 1.90. The molecule has 5 nitrogen and oxygen atoms in total. The van der Waals surface area contributed by atoms with Crippen molar-refractivity contribution in [2.75, 3.05) is 7.11 Å². The van der Waals surface area contributed by atoms with Crippen LogP contribution in [-0.4, -0.2) is 17.3 Å². The van der Waals surface area contributed by atoms with Gasteiger partial charge >= 0.3 is 0 Å². The van der Waals surface area contributed by atoms with Gasteiger partial charge in [0.25, 0.3) is 5.89 Å². The number of ether oxygens (including phenoxy) is 1. The Morgan fingerprint density at radius 2 is 2.05 bits per heavy atom. The summed E-state index contributed by atoms with van der Waals surface area (Å²) in [6.07, 6.45) is 1.67. The SMILES string of the molecule is COc1ccccc1-c1nnc(CSc2ccoc2C)o1. The van der Waals surface area contributed by atoms with Crippen molar-refractivity contribution in [2.24, 2.45) is 0 Å². The number of aromatic nitrogens is 2. The summed E-state index contributed by atoms with van der Waals surface area (Å²) >= 11 is 1.60. The zero-order chi connectivity index (χ0) is 14.7. The molecule has 0 saturated heterocycles. The van der Waals surface area contributed by atoms with Gasteiger partial charge in [-0.05, 0) is 25.1 Å². The van der Waals surface area contributed by atoms with Gasteiger partial charge in [0.1, 0.15) is 11.5 Å². The zero-order valence-electron chi connectivity index (χ0n) is 11.7. The molecule has 3 rings (SSSR count). The van der Waals surface area contributed by atoms with Crippen LogP contribution in [0.2, 0.25) is 0 Å². The molecule has 6 heteroatoms. The van der Waals surface area contributed by atoms with E-state index in [0.717, 1.165) is 16.2 Å². The number of rotatable bonds is 5. The molecule has 21 heavy (non-hydrogen) atoms. The van der Waals surface area contributed by atoms with Crippen molar-refractivity contribution in [2.45, 2.75) is 17.6 Å². The molecule has 0 aliphatic rings. The average Bonchev–Trinajstić information content (AvgIpc) is 3.14. The Kier molecular flexibility index (Phi) is 3.96. The standard InChI is InChI=1S/C15H14N2O3S/c1-10-13(7-8-19-10)21-9-14-16-17-15(20-14)11-5-3-4-6-12(11)18-2/h3-8H,9H2,1-2H3. The van der Waals surface area contributed by atoms with E-state index in [1.54, 1.807) is 25.1 Å². The maximum atomic E-state index is 5.70. The molecule has 3 aromatic rings. The monoisotopic (exact) mass is 302 g/mol. The Balaban J connectivity index is 1.76. The Morgan fingerprint density at radius 3 is 2.81 bits per heavy atom. The number of furan rings is 1. The first-order chi connectivity index (χ1) is 10.3. The lowest BCUT2D eigenvalue weighted by Crippen LogP contribution is -1.87. The summed E-state index contributed by atoms with van der Waals surface area (Å²) in [5.41, 5.74) is 0.795. The van der Waals surface area contributed by atoms with Gasteiger partial charge in [0, 0.05) is 4.90 Å². The molecule has 0 spiro atoms. The van der Waals surface area contributed by atoms with Gasteiger partial charge < -0.3 is 13.6 Å². The largest absolute Gasteiger partial charge is 0.496 e. The number of thioether (sulfide) groups is 1. The van der Waals surface area contributed by atoms with Crippen LogP contribution in [-0.2, 0) is 5.75 Å². The lowest BCUT2D eigenvalue weighted by molar-refractivity contribution is 0.414. The van der Waals surface area contributed by atoms with E-state index in [4.69, 9.17) is 13.6 Å². The predicted octanol–water partition coefficient (Wildman–Crippen LogP) is 3.94. The van der Waals surface area contributed by atoms with E-state index in [1.165, 1.54) is 0 Å². The molecule has 0 saturated carbocycles. The number of aryl methyl sites for hydroxylation is 1. The van der Waals surface area contributed by atoms with E-state index in [-0.39, 0.29) is 0 Å². The molecule has 0 aliphatic heterocycles. The first-order valence-electron chi connectivity index (χ1n) is 6.40. The third kappa shape index (κ3) is 2.95. The zero-order valence-corrected chi connectivity index (χ0v) is 12.5. The van der Waals surface area contributed by atoms with Crippen LogP contribution in [0.25, 0.3) is 11.5 Å². The minimum absolute atomic E-state index is 0.465. The van der Waals surface area contributed by atoms with E-state index in [2.05, 4.69) is 10.2 Å². The molecule has 0 radical (unpaired) electrons. The molecule has 0 bridgehead atoms. The molecule has 0 N–H and O–H groups in total. The summed E-state index contributed by atoms with van der Waals surface area (Å²) in [4.78, 5) is 1.08. The van der Waals surface area contributed by atoms with Crippen LogP contribution < -0.4 is 4.74 Å². The Bertz CT molecular complexity index is 736. The van der Waals surface area contributed by atoms with Crippen molar-refractivity contribution >= 4 is 11.8 Å².